The molecule has 1 saturated heterocycles. The molecule has 0 bridgehead atoms. The van der Waals surface area contributed by atoms with E-state index in [-0.39, 0.29) is 17.1 Å². The molecule has 1 heterocycles. The normalized spacial score (nSPS) is 15.3. The molecule has 1 unspecified atom stereocenters. The van der Waals surface area contributed by atoms with Crippen LogP contribution in [-0.2, 0) is 9.59 Å². The van der Waals surface area contributed by atoms with Gasteiger partial charge in [0, 0.05) is 21.3 Å². The second-order valence-electron chi connectivity index (χ2n) is 7.53. The van der Waals surface area contributed by atoms with Crippen molar-refractivity contribution in [2.45, 2.75) is 12.5 Å². The van der Waals surface area contributed by atoms with E-state index >= 15 is 0 Å². The number of carbonyl (C=O) groups is 3. The largest absolute Gasteiger partial charge is 0.326 e. The summed E-state index contributed by atoms with van der Waals surface area (Å²) in [6, 6.07) is 16.6. The Hall–Kier alpha value is -3.53. The van der Waals surface area contributed by atoms with E-state index in [1.54, 1.807) is 36.4 Å². The number of carbonyl (C=O) groups excluding carboxylic acids is 3. The summed E-state index contributed by atoms with van der Waals surface area (Å²) in [6.07, 6.45) is -0.319. The van der Waals surface area contributed by atoms with E-state index in [9.17, 15) is 18.8 Å². The lowest BCUT2D eigenvalue weighted by Crippen LogP contribution is -2.49. The Morgan fingerprint density at radius 3 is 2.09 bits per heavy atom. The van der Waals surface area contributed by atoms with Crippen molar-refractivity contribution in [3.63, 3.8) is 0 Å². The average Bonchev–Trinajstić information content (AvgIpc) is 3.05. The van der Waals surface area contributed by atoms with E-state index in [0.717, 1.165) is 4.90 Å². The number of halogens is 3. The molecule has 3 aromatic rings. The molecule has 7 nitrogen and oxygen atoms in total. The Labute approximate surface area is 215 Å². The van der Waals surface area contributed by atoms with Gasteiger partial charge in [0.25, 0.3) is 11.8 Å². The summed E-state index contributed by atoms with van der Waals surface area (Å²) >= 11 is 17.2. The smallest absolute Gasteiger partial charge is 0.269 e. The highest BCUT2D eigenvalue weighted by atomic mass is 35.5. The number of hydrogen-bond donors (Lipinski definition) is 2. The topological polar surface area (TPSA) is 81.8 Å². The second kappa shape index (κ2) is 10.4. The molecular weight excluding hydrogens is 514 g/mol. The van der Waals surface area contributed by atoms with Gasteiger partial charge in [0.1, 0.15) is 11.9 Å². The zero-order valence-electron chi connectivity index (χ0n) is 17.9. The van der Waals surface area contributed by atoms with Gasteiger partial charge in [-0.05, 0) is 85.0 Å². The number of nitrogens with zero attached hydrogens (tertiary/aromatic N) is 2. The molecule has 0 saturated carbocycles. The summed E-state index contributed by atoms with van der Waals surface area (Å²) in [5.74, 6) is -2.08. The van der Waals surface area contributed by atoms with Crippen molar-refractivity contribution in [1.82, 2.24) is 10.4 Å². The summed E-state index contributed by atoms with van der Waals surface area (Å²) in [5, 5.41) is 4.75. The predicted molar refractivity (Wildman–Crippen MR) is 136 cm³/mol. The van der Waals surface area contributed by atoms with E-state index in [2.05, 4.69) is 10.7 Å². The van der Waals surface area contributed by atoms with Gasteiger partial charge in [0.2, 0.25) is 11.0 Å². The van der Waals surface area contributed by atoms with Gasteiger partial charge in [-0.25, -0.2) is 9.40 Å². The standard InChI is InChI=1S/C24H17Cl2FN4O3S/c25-15-3-1-14(2-4-15)22(33)29-31-20(13-21(32)28-18-9-5-16(26)6-10-18)23(34)30(24(31)35)19-11-7-17(27)8-12-19/h1-12,20H,13H2,(H,28,32)(H,29,33). The van der Waals surface area contributed by atoms with Crippen LogP contribution in [0.5, 0.6) is 0 Å². The van der Waals surface area contributed by atoms with Gasteiger partial charge in [-0.2, -0.15) is 0 Å². The molecule has 1 aliphatic rings. The number of nitrogens with one attached hydrogen (secondary N) is 2. The fourth-order valence-corrected chi connectivity index (χ4v) is 4.04. The van der Waals surface area contributed by atoms with E-state index < -0.39 is 29.6 Å². The van der Waals surface area contributed by atoms with Gasteiger partial charge >= 0.3 is 0 Å². The first-order valence-electron chi connectivity index (χ1n) is 10.3. The minimum atomic E-state index is -1.14. The highest BCUT2D eigenvalue weighted by Gasteiger charge is 2.45. The van der Waals surface area contributed by atoms with Crippen LogP contribution >= 0.6 is 35.4 Å². The van der Waals surface area contributed by atoms with Gasteiger partial charge in [-0.15, -0.1) is 0 Å². The molecular formula is C24H17Cl2FN4O3S. The lowest BCUT2D eigenvalue weighted by Gasteiger charge is -2.24. The van der Waals surface area contributed by atoms with Gasteiger partial charge in [-0.3, -0.25) is 24.7 Å². The van der Waals surface area contributed by atoms with Crippen LogP contribution < -0.4 is 15.6 Å². The molecule has 0 radical (unpaired) electrons. The highest BCUT2D eigenvalue weighted by Crippen LogP contribution is 2.27. The number of hydrazine groups is 1. The summed E-state index contributed by atoms with van der Waals surface area (Å²) in [5.41, 5.74) is 3.67. The Kier molecular flexibility index (Phi) is 7.30. The fraction of sp³-hybridized carbons (Fsp3) is 0.0833. The van der Waals surface area contributed by atoms with Crippen molar-refractivity contribution in [3.05, 3.63) is 94.2 Å². The van der Waals surface area contributed by atoms with E-state index in [4.69, 9.17) is 35.4 Å². The van der Waals surface area contributed by atoms with Crippen LogP contribution in [0.25, 0.3) is 0 Å². The minimum absolute atomic E-state index is 0.0618. The quantitative estimate of drug-likeness (QED) is 0.447. The Morgan fingerprint density at radius 2 is 1.49 bits per heavy atom. The minimum Gasteiger partial charge on any atom is -0.326 e. The van der Waals surface area contributed by atoms with E-state index in [0.29, 0.717) is 21.4 Å². The maximum Gasteiger partial charge on any atom is 0.269 e. The first kappa shape index (κ1) is 24.6. The summed E-state index contributed by atoms with van der Waals surface area (Å²) in [4.78, 5) is 40.1. The predicted octanol–water partition coefficient (Wildman–Crippen LogP) is 4.81. The number of anilines is 2. The Morgan fingerprint density at radius 1 is 0.914 bits per heavy atom. The molecule has 0 aromatic heterocycles. The lowest BCUT2D eigenvalue weighted by atomic mass is 10.1. The third kappa shape index (κ3) is 5.59. The number of thiocarbonyl (C=S) groups is 1. The third-order valence-electron chi connectivity index (χ3n) is 5.13. The average molecular weight is 531 g/mol. The first-order chi connectivity index (χ1) is 16.7. The van der Waals surface area contributed by atoms with Crippen LogP contribution in [0.3, 0.4) is 0 Å². The molecule has 0 spiro atoms. The van der Waals surface area contributed by atoms with E-state index in [1.165, 1.54) is 41.4 Å². The molecule has 1 atom stereocenters. The van der Waals surface area contributed by atoms with Crippen molar-refractivity contribution < 1.29 is 18.8 Å². The van der Waals surface area contributed by atoms with Gasteiger partial charge in [0.05, 0.1) is 12.1 Å². The first-order valence-corrected chi connectivity index (χ1v) is 11.4. The van der Waals surface area contributed by atoms with Crippen molar-refractivity contribution in [2.24, 2.45) is 0 Å². The Balaban J connectivity index is 1.59. The lowest BCUT2D eigenvalue weighted by molar-refractivity contribution is -0.124. The highest BCUT2D eigenvalue weighted by molar-refractivity contribution is 7.80. The molecule has 1 fully saturated rings. The molecule has 11 heteroatoms. The van der Waals surface area contributed by atoms with Crippen LogP contribution in [0, 0.1) is 5.82 Å². The zero-order valence-corrected chi connectivity index (χ0v) is 20.2. The van der Waals surface area contributed by atoms with Crippen LogP contribution in [0.2, 0.25) is 10.0 Å². The van der Waals surface area contributed by atoms with Crippen LogP contribution in [0.1, 0.15) is 16.8 Å². The van der Waals surface area contributed by atoms with Crippen LogP contribution in [-0.4, -0.2) is 33.9 Å². The summed E-state index contributed by atoms with van der Waals surface area (Å²) in [7, 11) is 0. The van der Waals surface area contributed by atoms with Crippen molar-refractivity contribution in [3.8, 4) is 0 Å². The fourth-order valence-electron chi connectivity index (χ4n) is 3.42. The van der Waals surface area contributed by atoms with Gasteiger partial charge in [-0.1, -0.05) is 23.2 Å². The maximum absolute atomic E-state index is 13.4. The third-order valence-corrected chi connectivity index (χ3v) is 6.02. The number of amides is 3. The zero-order chi connectivity index (χ0) is 25.1. The monoisotopic (exact) mass is 530 g/mol. The molecule has 178 valence electrons. The van der Waals surface area contributed by atoms with Crippen LogP contribution in [0.15, 0.2) is 72.8 Å². The molecule has 35 heavy (non-hydrogen) atoms. The van der Waals surface area contributed by atoms with E-state index in [1.807, 2.05) is 0 Å². The summed E-state index contributed by atoms with van der Waals surface area (Å²) < 4.78 is 13.4. The molecule has 0 aliphatic carbocycles. The number of hydrogen-bond acceptors (Lipinski definition) is 4. The molecule has 4 rings (SSSR count). The van der Waals surface area contributed by atoms with Crippen molar-refractivity contribution in [2.75, 3.05) is 10.2 Å². The SMILES string of the molecule is O=C(CC1C(=O)N(c2ccc(F)cc2)C(=S)N1NC(=O)c1ccc(Cl)cc1)Nc1ccc(Cl)cc1. The molecule has 2 N–H and O–H groups in total. The number of rotatable bonds is 6. The Bertz CT molecular complexity index is 1290. The summed E-state index contributed by atoms with van der Waals surface area (Å²) in [6.45, 7) is 0. The maximum atomic E-state index is 13.4. The number of benzene rings is 3. The molecule has 1 aliphatic heterocycles. The van der Waals surface area contributed by atoms with Crippen molar-refractivity contribution >= 4 is 69.6 Å². The van der Waals surface area contributed by atoms with Gasteiger partial charge in [0.15, 0.2) is 0 Å². The molecule has 3 aromatic carbocycles. The van der Waals surface area contributed by atoms with Gasteiger partial charge < -0.3 is 5.32 Å². The molecule has 3 amide bonds. The van der Waals surface area contributed by atoms with Crippen molar-refractivity contribution in [1.29, 1.82) is 0 Å². The van der Waals surface area contributed by atoms with Crippen LogP contribution in [0.4, 0.5) is 15.8 Å². The second-order valence-corrected chi connectivity index (χ2v) is 8.76.